The van der Waals surface area contributed by atoms with Crippen LogP contribution in [-0.2, 0) is 15.4 Å². The van der Waals surface area contributed by atoms with Gasteiger partial charge in [-0.2, -0.15) is 4.39 Å². The summed E-state index contributed by atoms with van der Waals surface area (Å²) in [7, 11) is -1.50. The summed E-state index contributed by atoms with van der Waals surface area (Å²) in [6.07, 6.45) is 6.16. The Bertz CT molecular complexity index is 1050. The number of rotatable bonds is 8. The van der Waals surface area contributed by atoms with Crippen LogP contribution in [0.5, 0.6) is 17.2 Å². The van der Waals surface area contributed by atoms with E-state index in [4.69, 9.17) is 9.47 Å². The normalized spacial score (nSPS) is 15.6. The Labute approximate surface area is 221 Å². The highest BCUT2D eigenvalue weighted by Gasteiger charge is 2.30. The van der Waals surface area contributed by atoms with E-state index in [1.807, 2.05) is 12.1 Å². The third kappa shape index (κ3) is 7.22. The lowest BCUT2D eigenvalue weighted by Crippen LogP contribution is -2.19. The van der Waals surface area contributed by atoms with Crippen molar-refractivity contribution in [3.63, 3.8) is 0 Å². The van der Waals surface area contributed by atoms with Gasteiger partial charge in [-0.25, -0.2) is 4.39 Å². The minimum absolute atomic E-state index is 0.0645. The Kier molecular flexibility index (Phi) is 9.49. The summed E-state index contributed by atoms with van der Waals surface area (Å²) in [5, 5.41) is 0. The first-order valence-electron chi connectivity index (χ1n) is 12.9. The Morgan fingerprint density at radius 3 is 2.06 bits per heavy atom. The Balaban J connectivity index is 2.02. The van der Waals surface area contributed by atoms with Crippen molar-refractivity contribution in [1.82, 2.24) is 0 Å². The Morgan fingerprint density at radius 1 is 0.944 bits per heavy atom. The number of benzene rings is 2. The zero-order chi connectivity index (χ0) is 26.7. The number of ether oxygens (including phenoxy) is 2. The molecule has 1 aliphatic rings. The van der Waals surface area contributed by atoms with Crippen molar-refractivity contribution in [2.24, 2.45) is 0 Å². The molecule has 0 saturated heterocycles. The zero-order valence-electron chi connectivity index (χ0n) is 22.4. The summed E-state index contributed by atoms with van der Waals surface area (Å²) in [4.78, 5) is 0. The van der Waals surface area contributed by atoms with Crippen molar-refractivity contribution in [1.29, 1.82) is 0 Å². The molecule has 0 bridgehead atoms. The second-order valence-corrected chi connectivity index (χ2v) is 14.3. The van der Waals surface area contributed by atoms with E-state index < -0.39 is 18.6 Å². The molecule has 2 aromatic rings. The van der Waals surface area contributed by atoms with Gasteiger partial charge in [0.05, 0.1) is 6.61 Å². The van der Waals surface area contributed by atoms with Gasteiger partial charge >= 0.3 is 7.00 Å². The van der Waals surface area contributed by atoms with Crippen molar-refractivity contribution in [3.8, 4) is 17.2 Å². The number of thiol groups is 1. The van der Waals surface area contributed by atoms with Gasteiger partial charge < -0.3 is 9.47 Å². The summed E-state index contributed by atoms with van der Waals surface area (Å²) in [5.74, 6) is -0.560. The van der Waals surface area contributed by atoms with Gasteiger partial charge in [0.2, 0.25) is 5.82 Å². The SMILES string of the molecule is CC(C)(C)c1cc(OCCC[P+](=O)S)cc(C(C)(C)C)c1Oc1ccc(C2CCCCC2)c(F)c1F. The molecule has 0 aromatic heterocycles. The van der Waals surface area contributed by atoms with Gasteiger partial charge in [-0.05, 0) is 53.4 Å². The van der Waals surface area contributed by atoms with Crippen molar-refractivity contribution in [2.45, 2.75) is 96.8 Å². The minimum Gasteiger partial charge on any atom is -0.493 e. The van der Waals surface area contributed by atoms with E-state index in [1.54, 1.807) is 12.1 Å². The molecule has 0 radical (unpaired) electrons. The van der Waals surface area contributed by atoms with Gasteiger partial charge in [0.25, 0.3) is 0 Å². The first-order chi connectivity index (χ1) is 16.8. The molecule has 2 aromatic carbocycles. The average Bonchev–Trinajstić information content (AvgIpc) is 2.79. The van der Waals surface area contributed by atoms with Crippen LogP contribution in [0.1, 0.15) is 103 Å². The standard InChI is InChI=1S/C29H39F2O3PS/c1-28(2,3)22-17-20(33-15-10-16-35(32)36)18-23(29(4,5)6)27(22)34-24-14-13-21(25(30)26(24)31)19-11-8-7-9-12-19/h13-14,17-19H,7-12,15-16H2,1-6H3/p+1. The van der Waals surface area contributed by atoms with Crippen molar-refractivity contribution in [2.75, 3.05) is 12.8 Å². The van der Waals surface area contributed by atoms with Gasteiger partial charge in [0.1, 0.15) is 23.7 Å². The molecule has 198 valence electrons. The number of hydrogen-bond donors (Lipinski definition) is 1. The molecule has 0 aliphatic heterocycles. The molecule has 1 atom stereocenters. The van der Waals surface area contributed by atoms with Crippen LogP contribution in [0.2, 0.25) is 0 Å². The van der Waals surface area contributed by atoms with Gasteiger partial charge in [0.15, 0.2) is 17.7 Å². The van der Waals surface area contributed by atoms with Crippen LogP contribution >= 0.6 is 19.3 Å². The summed E-state index contributed by atoms with van der Waals surface area (Å²) < 4.78 is 54.1. The average molecular weight is 538 g/mol. The fourth-order valence-electron chi connectivity index (χ4n) is 4.76. The lowest BCUT2D eigenvalue weighted by molar-refractivity contribution is 0.314. The summed E-state index contributed by atoms with van der Waals surface area (Å²) in [6.45, 7) is 12.7. The molecule has 3 nitrogen and oxygen atoms in total. The predicted molar refractivity (Wildman–Crippen MR) is 148 cm³/mol. The smallest absolute Gasteiger partial charge is 0.407 e. The van der Waals surface area contributed by atoms with Gasteiger partial charge in [-0.3, -0.25) is 0 Å². The molecule has 0 amide bonds. The second kappa shape index (κ2) is 11.8. The maximum absolute atomic E-state index is 15.4. The van der Waals surface area contributed by atoms with E-state index in [0.717, 1.165) is 43.2 Å². The predicted octanol–water partition coefficient (Wildman–Crippen LogP) is 9.84. The van der Waals surface area contributed by atoms with E-state index in [9.17, 15) is 4.57 Å². The highest BCUT2D eigenvalue weighted by atomic mass is 32.7. The summed E-state index contributed by atoms with van der Waals surface area (Å²) in [6, 6.07) is 7.09. The van der Waals surface area contributed by atoms with E-state index in [0.29, 0.717) is 36.3 Å². The largest absolute Gasteiger partial charge is 0.493 e. The number of halogens is 2. The van der Waals surface area contributed by atoms with Gasteiger partial charge in [-0.1, -0.05) is 71.4 Å². The summed E-state index contributed by atoms with van der Waals surface area (Å²) >= 11 is 3.96. The topological polar surface area (TPSA) is 35.5 Å². The van der Waals surface area contributed by atoms with Crippen LogP contribution in [0.25, 0.3) is 0 Å². The maximum atomic E-state index is 15.4. The maximum Gasteiger partial charge on any atom is 0.407 e. The van der Waals surface area contributed by atoms with Crippen LogP contribution in [0.15, 0.2) is 24.3 Å². The highest BCUT2D eigenvalue weighted by molar-refractivity contribution is 8.40. The number of hydrogen-bond acceptors (Lipinski definition) is 3. The molecule has 3 rings (SSSR count). The van der Waals surface area contributed by atoms with Crippen molar-refractivity contribution < 1.29 is 22.8 Å². The molecule has 1 saturated carbocycles. The molecule has 0 heterocycles. The third-order valence-corrected chi connectivity index (χ3v) is 8.07. The fraction of sp³-hybridized carbons (Fsp3) is 0.586. The van der Waals surface area contributed by atoms with Crippen LogP contribution in [-0.4, -0.2) is 12.8 Å². The Morgan fingerprint density at radius 2 is 1.53 bits per heavy atom. The van der Waals surface area contributed by atoms with E-state index in [2.05, 4.69) is 53.8 Å². The van der Waals surface area contributed by atoms with E-state index >= 15 is 8.78 Å². The molecule has 1 unspecified atom stereocenters. The molecular formula is C29H40F2O3PS+. The monoisotopic (exact) mass is 537 g/mol. The quantitative estimate of drug-likeness (QED) is 0.207. The molecule has 1 fully saturated rings. The van der Waals surface area contributed by atoms with Crippen LogP contribution in [0.4, 0.5) is 8.78 Å². The van der Waals surface area contributed by atoms with Crippen LogP contribution < -0.4 is 9.47 Å². The van der Waals surface area contributed by atoms with E-state index in [-0.39, 0.29) is 22.5 Å². The van der Waals surface area contributed by atoms with Crippen molar-refractivity contribution >= 4 is 19.3 Å². The van der Waals surface area contributed by atoms with Crippen LogP contribution in [0, 0.1) is 11.6 Å². The molecular weight excluding hydrogens is 497 g/mol. The highest BCUT2D eigenvalue weighted by Crippen LogP contribution is 2.45. The minimum atomic E-state index is -1.50. The first kappa shape index (κ1) is 28.9. The van der Waals surface area contributed by atoms with Crippen LogP contribution in [0.3, 0.4) is 0 Å². The zero-order valence-corrected chi connectivity index (χ0v) is 24.2. The molecule has 0 spiro atoms. The molecule has 7 heteroatoms. The van der Waals surface area contributed by atoms with Crippen molar-refractivity contribution in [3.05, 3.63) is 52.6 Å². The van der Waals surface area contributed by atoms with E-state index in [1.165, 1.54) is 0 Å². The molecule has 0 N–H and O–H groups in total. The third-order valence-electron chi connectivity index (χ3n) is 6.77. The fourth-order valence-corrected chi connectivity index (χ4v) is 5.59. The second-order valence-electron chi connectivity index (χ2n) is 11.8. The van der Waals surface area contributed by atoms with Gasteiger partial charge in [-0.15, -0.1) is 0 Å². The van der Waals surface area contributed by atoms with Gasteiger partial charge in [0, 0.05) is 17.5 Å². The Hall–Kier alpha value is -1.65. The molecule has 36 heavy (non-hydrogen) atoms. The lowest BCUT2D eigenvalue weighted by atomic mass is 9.79. The first-order valence-corrected chi connectivity index (χ1v) is 15.5. The molecule has 1 aliphatic carbocycles. The lowest BCUT2D eigenvalue weighted by Gasteiger charge is -2.30. The summed E-state index contributed by atoms with van der Waals surface area (Å²) in [5.41, 5.74) is 1.46.